The van der Waals surface area contributed by atoms with Gasteiger partial charge in [0.1, 0.15) is 6.17 Å². The Bertz CT molecular complexity index is 417. The Kier molecular flexibility index (Phi) is 6.54. The van der Waals surface area contributed by atoms with Crippen LogP contribution in [0.25, 0.3) is 0 Å². The van der Waals surface area contributed by atoms with E-state index in [1.54, 1.807) is 24.3 Å². The van der Waals surface area contributed by atoms with Crippen molar-refractivity contribution in [3.8, 4) is 0 Å². The number of alkyl halides is 3. The number of amides is 1. The third-order valence-electron chi connectivity index (χ3n) is 2.26. The average molecular weight is 344 g/mol. The largest absolute Gasteiger partial charge is 0.362 e. The van der Waals surface area contributed by atoms with Crippen LogP contribution in [-0.2, 0) is 4.79 Å². The first kappa shape index (κ1) is 16.7. The van der Waals surface area contributed by atoms with Crippen molar-refractivity contribution in [2.24, 2.45) is 0 Å². The van der Waals surface area contributed by atoms with Gasteiger partial charge in [-0.15, -0.1) is 0 Å². The van der Waals surface area contributed by atoms with Crippen molar-refractivity contribution in [1.29, 1.82) is 0 Å². The summed E-state index contributed by atoms with van der Waals surface area (Å²) in [5.41, 5.74) is 0.692. The zero-order valence-electron chi connectivity index (χ0n) is 10.2. The smallest absolute Gasteiger partial charge is 0.228 e. The molecule has 1 amide bonds. The molecule has 0 fully saturated rings. The third kappa shape index (κ3) is 6.09. The number of rotatable bonds is 5. The van der Waals surface area contributed by atoms with E-state index >= 15 is 0 Å². The molecule has 0 bridgehead atoms. The number of carbonyl (C=O) groups is 1. The van der Waals surface area contributed by atoms with Crippen molar-refractivity contribution in [1.82, 2.24) is 5.32 Å². The number of hydrogen-bond donors (Lipinski definition) is 2. The van der Waals surface area contributed by atoms with Gasteiger partial charge in [-0.1, -0.05) is 53.3 Å². The molecule has 0 heterocycles. The normalized spacial score (nSPS) is 12.9. The monoisotopic (exact) mass is 342 g/mol. The van der Waals surface area contributed by atoms with E-state index in [2.05, 4.69) is 10.6 Å². The molecule has 1 aromatic carbocycles. The lowest BCUT2D eigenvalue weighted by Gasteiger charge is -2.27. The molecular formula is C12H14Cl4N2O. The van der Waals surface area contributed by atoms with E-state index in [1.807, 2.05) is 6.92 Å². The van der Waals surface area contributed by atoms with Crippen molar-refractivity contribution in [2.45, 2.75) is 29.7 Å². The second-order valence-electron chi connectivity index (χ2n) is 3.94. The number of benzene rings is 1. The summed E-state index contributed by atoms with van der Waals surface area (Å²) in [5.74, 6) is -0.180. The van der Waals surface area contributed by atoms with Crippen LogP contribution in [0, 0.1) is 0 Å². The molecule has 1 atom stereocenters. The van der Waals surface area contributed by atoms with Crippen molar-refractivity contribution in [2.75, 3.05) is 5.32 Å². The molecule has 0 spiro atoms. The average Bonchev–Trinajstić information content (AvgIpc) is 2.30. The standard InChI is InChI=1S/C12H14Cl4N2O/c1-2-3-10(19)18-11(12(14,15)16)17-9-6-4-8(13)5-7-9/h4-7,11,17H,2-3H2,1H3,(H,18,19). The second kappa shape index (κ2) is 7.44. The summed E-state index contributed by atoms with van der Waals surface area (Å²) in [6.07, 6.45) is 0.275. The van der Waals surface area contributed by atoms with Crippen LogP contribution in [0.1, 0.15) is 19.8 Å². The van der Waals surface area contributed by atoms with Crippen LogP contribution in [0.3, 0.4) is 0 Å². The van der Waals surface area contributed by atoms with Gasteiger partial charge in [-0.2, -0.15) is 0 Å². The molecule has 1 aromatic rings. The Morgan fingerprint density at radius 3 is 2.32 bits per heavy atom. The molecule has 19 heavy (non-hydrogen) atoms. The number of nitrogens with one attached hydrogen (secondary N) is 2. The van der Waals surface area contributed by atoms with E-state index in [4.69, 9.17) is 46.4 Å². The van der Waals surface area contributed by atoms with Crippen LogP contribution in [0.15, 0.2) is 24.3 Å². The highest BCUT2D eigenvalue weighted by atomic mass is 35.6. The van der Waals surface area contributed by atoms with Crippen LogP contribution in [0.2, 0.25) is 5.02 Å². The predicted molar refractivity (Wildman–Crippen MR) is 82.2 cm³/mol. The summed E-state index contributed by atoms with van der Waals surface area (Å²) in [5, 5.41) is 6.19. The van der Waals surface area contributed by atoms with Crippen LogP contribution >= 0.6 is 46.4 Å². The molecule has 1 rings (SSSR count). The highest BCUT2D eigenvalue weighted by molar-refractivity contribution is 6.68. The molecule has 0 aliphatic rings. The first-order valence-electron chi connectivity index (χ1n) is 5.71. The van der Waals surface area contributed by atoms with E-state index in [0.29, 0.717) is 17.1 Å². The Hall–Kier alpha value is -0.350. The fourth-order valence-corrected chi connectivity index (χ4v) is 1.83. The topological polar surface area (TPSA) is 41.1 Å². The molecule has 0 aliphatic heterocycles. The molecule has 0 aliphatic carbocycles. The van der Waals surface area contributed by atoms with Crippen molar-refractivity contribution in [3.05, 3.63) is 29.3 Å². The lowest BCUT2D eigenvalue weighted by atomic mass is 10.3. The van der Waals surface area contributed by atoms with Crippen molar-refractivity contribution < 1.29 is 4.79 Å². The van der Waals surface area contributed by atoms with E-state index in [9.17, 15) is 4.79 Å². The van der Waals surface area contributed by atoms with Crippen LogP contribution in [0.5, 0.6) is 0 Å². The van der Waals surface area contributed by atoms with E-state index in [1.165, 1.54) is 0 Å². The van der Waals surface area contributed by atoms with Crippen LogP contribution in [-0.4, -0.2) is 15.9 Å². The van der Waals surface area contributed by atoms with Gasteiger partial charge < -0.3 is 10.6 Å². The van der Waals surface area contributed by atoms with Gasteiger partial charge in [0.2, 0.25) is 9.70 Å². The van der Waals surface area contributed by atoms with Gasteiger partial charge in [-0.25, -0.2) is 0 Å². The summed E-state index contributed by atoms with van der Waals surface area (Å²) in [6, 6.07) is 6.87. The number of halogens is 4. The fraction of sp³-hybridized carbons (Fsp3) is 0.417. The van der Waals surface area contributed by atoms with Crippen LogP contribution in [0.4, 0.5) is 5.69 Å². The summed E-state index contributed by atoms with van der Waals surface area (Å²) >= 11 is 23.3. The van der Waals surface area contributed by atoms with Gasteiger partial charge in [-0.3, -0.25) is 4.79 Å². The summed E-state index contributed by atoms with van der Waals surface area (Å²) in [4.78, 5) is 11.6. The molecule has 2 N–H and O–H groups in total. The first-order chi connectivity index (χ1) is 8.82. The Balaban J connectivity index is 2.75. The third-order valence-corrected chi connectivity index (χ3v) is 3.17. The van der Waals surface area contributed by atoms with E-state index in [0.717, 1.165) is 6.42 Å². The van der Waals surface area contributed by atoms with Gasteiger partial charge in [0.25, 0.3) is 0 Å². The molecule has 0 aromatic heterocycles. The quantitative estimate of drug-likeness (QED) is 0.615. The highest BCUT2D eigenvalue weighted by Gasteiger charge is 2.33. The predicted octanol–water partition coefficient (Wildman–Crippen LogP) is 4.36. The zero-order valence-corrected chi connectivity index (χ0v) is 13.2. The van der Waals surface area contributed by atoms with Crippen molar-refractivity contribution in [3.63, 3.8) is 0 Å². The van der Waals surface area contributed by atoms with Gasteiger partial charge in [0.15, 0.2) is 0 Å². The maximum absolute atomic E-state index is 11.6. The molecule has 1 unspecified atom stereocenters. The maximum Gasteiger partial charge on any atom is 0.228 e. The first-order valence-corrected chi connectivity index (χ1v) is 7.22. The van der Waals surface area contributed by atoms with Gasteiger partial charge in [-0.05, 0) is 30.7 Å². The van der Waals surface area contributed by atoms with Crippen LogP contribution < -0.4 is 10.6 Å². The van der Waals surface area contributed by atoms with Gasteiger partial charge in [0.05, 0.1) is 0 Å². The van der Waals surface area contributed by atoms with Gasteiger partial charge >= 0.3 is 0 Å². The number of anilines is 1. The molecule has 0 radical (unpaired) electrons. The zero-order chi connectivity index (χ0) is 14.5. The Morgan fingerprint density at radius 1 is 1.26 bits per heavy atom. The number of carbonyl (C=O) groups excluding carboxylic acids is 1. The van der Waals surface area contributed by atoms with Crippen molar-refractivity contribution >= 4 is 58.0 Å². The summed E-state index contributed by atoms with van der Waals surface area (Å²) < 4.78 is -1.66. The molecule has 3 nitrogen and oxygen atoms in total. The van der Waals surface area contributed by atoms with E-state index < -0.39 is 9.96 Å². The summed E-state index contributed by atoms with van der Waals surface area (Å²) in [6.45, 7) is 1.90. The van der Waals surface area contributed by atoms with E-state index in [-0.39, 0.29) is 5.91 Å². The molecule has 106 valence electrons. The molecule has 7 heteroatoms. The maximum atomic E-state index is 11.6. The second-order valence-corrected chi connectivity index (χ2v) is 6.75. The lowest BCUT2D eigenvalue weighted by Crippen LogP contribution is -2.49. The van der Waals surface area contributed by atoms with Gasteiger partial charge in [0, 0.05) is 17.1 Å². The summed E-state index contributed by atoms with van der Waals surface area (Å²) in [7, 11) is 0. The molecule has 0 saturated heterocycles. The Morgan fingerprint density at radius 2 is 1.84 bits per heavy atom. The molecule has 0 saturated carbocycles. The minimum Gasteiger partial charge on any atom is -0.362 e. The Labute approximate surface area is 132 Å². The SMILES string of the molecule is CCCC(=O)NC(Nc1ccc(Cl)cc1)C(Cl)(Cl)Cl. The molecular weight excluding hydrogens is 330 g/mol. The lowest BCUT2D eigenvalue weighted by molar-refractivity contribution is -0.121. The minimum atomic E-state index is -1.66. The minimum absolute atomic E-state index is 0.180. The number of hydrogen-bond acceptors (Lipinski definition) is 2. The fourth-order valence-electron chi connectivity index (χ4n) is 1.37. The highest BCUT2D eigenvalue weighted by Crippen LogP contribution is 2.31.